The molecule has 0 bridgehead atoms. The van der Waals surface area contributed by atoms with Crippen LogP contribution in [0.1, 0.15) is 0 Å². The lowest BCUT2D eigenvalue weighted by Gasteiger charge is -1.98. The summed E-state index contributed by atoms with van der Waals surface area (Å²) in [4.78, 5) is 9.89. The van der Waals surface area contributed by atoms with Gasteiger partial charge in [-0.3, -0.25) is 0 Å². The number of benzene rings is 1. The van der Waals surface area contributed by atoms with Gasteiger partial charge < -0.3 is 8.98 Å². The van der Waals surface area contributed by atoms with E-state index >= 15 is 0 Å². The van der Waals surface area contributed by atoms with E-state index in [2.05, 4.69) is 0 Å². The van der Waals surface area contributed by atoms with Crippen LogP contribution in [0.4, 0.5) is 0 Å². The lowest BCUT2D eigenvalue weighted by molar-refractivity contribution is -0.105. The van der Waals surface area contributed by atoms with Gasteiger partial charge in [-0.25, -0.2) is 0 Å². The van der Waals surface area contributed by atoms with E-state index in [9.17, 15) is 4.79 Å². The molecule has 11 heavy (non-hydrogen) atoms. The first-order valence-electron chi connectivity index (χ1n) is 3.21. The number of carbonyl (C=O) groups excluding carboxylic acids is 1. The molecular formula is C8H8O2S. The first kappa shape index (κ1) is 8.14. The molecule has 0 aliphatic carbocycles. The summed E-state index contributed by atoms with van der Waals surface area (Å²) in [7, 11) is 0. The fourth-order valence-corrected chi connectivity index (χ4v) is 0.977. The summed E-state index contributed by atoms with van der Waals surface area (Å²) in [5.74, 6) is 1.15. The van der Waals surface area contributed by atoms with Crippen LogP contribution >= 0.6 is 12.0 Å². The van der Waals surface area contributed by atoms with Crippen LogP contribution in [-0.4, -0.2) is 12.0 Å². The van der Waals surface area contributed by atoms with Crippen molar-refractivity contribution in [1.29, 1.82) is 0 Å². The predicted octanol–water partition coefficient (Wildman–Crippen LogP) is 1.91. The SMILES string of the molecule is O=CCSOc1ccccc1. The molecule has 0 aliphatic heterocycles. The molecule has 1 aromatic rings. The Labute approximate surface area is 69.8 Å². The molecule has 0 aliphatic rings. The Morgan fingerprint density at radius 2 is 2.09 bits per heavy atom. The van der Waals surface area contributed by atoms with Gasteiger partial charge >= 0.3 is 0 Å². The van der Waals surface area contributed by atoms with Gasteiger partial charge in [0, 0.05) is 0 Å². The molecule has 0 aromatic heterocycles. The van der Waals surface area contributed by atoms with Gasteiger partial charge in [0.25, 0.3) is 0 Å². The third kappa shape index (κ3) is 3.09. The second kappa shape index (κ2) is 4.79. The topological polar surface area (TPSA) is 26.3 Å². The average molecular weight is 168 g/mol. The molecule has 0 N–H and O–H groups in total. The highest BCUT2D eigenvalue weighted by molar-refractivity contribution is 7.95. The van der Waals surface area contributed by atoms with Crippen LogP contribution in [0.2, 0.25) is 0 Å². The van der Waals surface area contributed by atoms with E-state index in [0.717, 1.165) is 24.1 Å². The zero-order valence-electron chi connectivity index (χ0n) is 5.90. The fraction of sp³-hybridized carbons (Fsp3) is 0.125. The molecular weight excluding hydrogens is 160 g/mol. The van der Waals surface area contributed by atoms with Crippen LogP contribution in [0.3, 0.4) is 0 Å². The van der Waals surface area contributed by atoms with Crippen molar-refractivity contribution in [1.82, 2.24) is 0 Å². The van der Waals surface area contributed by atoms with E-state index in [1.54, 1.807) is 0 Å². The molecule has 0 radical (unpaired) electrons. The van der Waals surface area contributed by atoms with Crippen molar-refractivity contribution < 1.29 is 8.98 Å². The van der Waals surface area contributed by atoms with E-state index in [4.69, 9.17) is 4.18 Å². The summed E-state index contributed by atoms with van der Waals surface area (Å²) in [6.07, 6.45) is 0.813. The van der Waals surface area contributed by atoms with Gasteiger partial charge in [-0.15, -0.1) is 0 Å². The Morgan fingerprint density at radius 3 is 2.73 bits per heavy atom. The summed E-state index contributed by atoms with van der Waals surface area (Å²) in [6.45, 7) is 0. The Kier molecular flexibility index (Phi) is 3.55. The second-order valence-electron chi connectivity index (χ2n) is 1.85. The number of hydrogen-bond acceptors (Lipinski definition) is 3. The minimum absolute atomic E-state index is 0.370. The van der Waals surface area contributed by atoms with Crippen molar-refractivity contribution in [3.63, 3.8) is 0 Å². The summed E-state index contributed by atoms with van der Waals surface area (Å²) in [6, 6.07) is 9.38. The van der Waals surface area contributed by atoms with Crippen LogP contribution in [0.15, 0.2) is 30.3 Å². The van der Waals surface area contributed by atoms with Gasteiger partial charge in [-0.1, -0.05) is 18.2 Å². The van der Waals surface area contributed by atoms with E-state index < -0.39 is 0 Å². The van der Waals surface area contributed by atoms with Crippen molar-refractivity contribution in [3.05, 3.63) is 30.3 Å². The first-order chi connectivity index (χ1) is 5.43. The Hall–Kier alpha value is -0.960. The zero-order chi connectivity index (χ0) is 7.94. The highest BCUT2D eigenvalue weighted by Crippen LogP contribution is 2.13. The van der Waals surface area contributed by atoms with Crippen molar-refractivity contribution >= 4 is 18.3 Å². The monoisotopic (exact) mass is 168 g/mol. The van der Waals surface area contributed by atoms with Crippen LogP contribution < -0.4 is 4.18 Å². The normalized spacial score (nSPS) is 9.09. The fourth-order valence-electron chi connectivity index (χ4n) is 0.606. The largest absolute Gasteiger partial charge is 0.425 e. The van der Waals surface area contributed by atoms with Crippen LogP contribution in [0, 0.1) is 0 Å². The highest BCUT2D eigenvalue weighted by Gasteiger charge is 1.90. The van der Waals surface area contributed by atoms with Gasteiger partial charge in [0.1, 0.15) is 12.0 Å². The lowest BCUT2D eigenvalue weighted by atomic mass is 10.3. The van der Waals surface area contributed by atoms with Crippen LogP contribution in [-0.2, 0) is 4.79 Å². The molecule has 0 amide bonds. The second-order valence-corrected chi connectivity index (χ2v) is 2.58. The number of hydrogen-bond donors (Lipinski definition) is 0. The molecule has 0 atom stereocenters. The lowest BCUT2D eigenvalue weighted by Crippen LogP contribution is -1.84. The molecule has 2 nitrogen and oxygen atoms in total. The maximum absolute atomic E-state index is 9.89. The maximum atomic E-state index is 9.89. The van der Waals surface area contributed by atoms with E-state index in [1.807, 2.05) is 30.3 Å². The minimum Gasteiger partial charge on any atom is -0.425 e. The zero-order valence-corrected chi connectivity index (χ0v) is 6.71. The van der Waals surface area contributed by atoms with Gasteiger partial charge in [-0.2, -0.15) is 0 Å². The Morgan fingerprint density at radius 1 is 1.36 bits per heavy atom. The van der Waals surface area contributed by atoms with Gasteiger partial charge in [0.2, 0.25) is 0 Å². The first-order valence-corrected chi connectivity index (χ1v) is 4.12. The predicted molar refractivity (Wildman–Crippen MR) is 45.6 cm³/mol. The molecule has 0 saturated carbocycles. The van der Waals surface area contributed by atoms with Crippen LogP contribution in [0.25, 0.3) is 0 Å². The third-order valence-electron chi connectivity index (χ3n) is 1.03. The van der Waals surface area contributed by atoms with Gasteiger partial charge in [0.15, 0.2) is 0 Å². The minimum atomic E-state index is 0.370. The standard InChI is InChI=1S/C8H8O2S/c9-6-7-11-10-8-4-2-1-3-5-8/h1-6H,7H2. The van der Waals surface area contributed by atoms with Crippen molar-refractivity contribution in [3.8, 4) is 5.75 Å². The molecule has 58 valence electrons. The van der Waals surface area contributed by atoms with Crippen molar-refractivity contribution in [2.45, 2.75) is 0 Å². The molecule has 0 unspecified atom stereocenters. The maximum Gasteiger partial charge on any atom is 0.137 e. The van der Waals surface area contributed by atoms with E-state index in [1.165, 1.54) is 0 Å². The molecule has 0 spiro atoms. The van der Waals surface area contributed by atoms with Crippen molar-refractivity contribution in [2.75, 3.05) is 5.75 Å². The number of para-hydroxylation sites is 1. The summed E-state index contributed by atoms with van der Waals surface area (Å²) in [5.41, 5.74) is 0. The summed E-state index contributed by atoms with van der Waals surface area (Å²) < 4.78 is 5.13. The molecule has 0 heterocycles. The van der Waals surface area contributed by atoms with E-state index in [-0.39, 0.29) is 0 Å². The molecule has 1 rings (SSSR count). The van der Waals surface area contributed by atoms with Crippen LogP contribution in [0.5, 0.6) is 5.75 Å². The number of rotatable bonds is 4. The number of carbonyl (C=O) groups is 1. The summed E-state index contributed by atoms with van der Waals surface area (Å²) in [5, 5.41) is 0. The molecule has 3 heteroatoms. The molecule has 1 aromatic carbocycles. The van der Waals surface area contributed by atoms with Gasteiger partial charge in [-0.05, 0) is 12.1 Å². The Bertz CT molecular complexity index is 211. The average Bonchev–Trinajstić information content (AvgIpc) is 2.07. The Balaban J connectivity index is 2.33. The molecule has 0 fully saturated rings. The highest BCUT2D eigenvalue weighted by atomic mass is 32.2. The summed E-state index contributed by atoms with van der Waals surface area (Å²) >= 11 is 1.14. The quantitative estimate of drug-likeness (QED) is 0.390. The third-order valence-corrected chi connectivity index (χ3v) is 1.62. The van der Waals surface area contributed by atoms with Crippen molar-refractivity contribution in [2.24, 2.45) is 0 Å². The van der Waals surface area contributed by atoms with E-state index in [0.29, 0.717) is 5.75 Å². The number of aldehydes is 1. The smallest absolute Gasteiger partial charge is 0.137 e. The molecule has 0 saturated heterocycles. The van der Waals surface area contributed by atoms with Gasteiger partial charge in [0.05, 0.1) is 17.8 Å².